The summed E-state index contributed by atoms with van der Waals surface area (Å²) < 4.78 is 49.1. The summed E-state index contributed by atoms with van der Waals surface area (Å²) >= 11 is 4.56. The average molecular weight is 252 g/mol. The fraction of sp³-hybridized carbons (Fsp3) is 0.222. The quantitative estimate of drug-likeness (QED) is 0.641. The highest BCUT2D eigenvalue weighted by atomic mass is 32.1. The van der Waals surface area contributed by atoms with Gasteiger partial charge in [-0.1, -0.05) is 18.3 Å². The highest BCUT2D eigenvalue weighted by Gasteiger charge is 2.27. The zero-order chi connectivity index (χ0) is 12.3. The lowest BCUT2D eigenvalue weighted by Crippen LogP contribution is -2.23. The van der Waals surface area contributed by atoms with Crippen LogP contribution in [0.25, 0.3) is 0 Å². The van der Waals surface area contributed by atoms with E-state index in [0.717, 1.165) is 6.07 Å². The molecule has 0 aliphatic carbocycles. The molecule has 7 heteroatoms. The van der Waals surface area contributed by atoms with Crippen molar-refractivity contribution >= 4 is 22.9 Å². The maximum atomic E-state index is 13.2. The van der Waals surface area contributed by atoms with Crippen LogP contribution >= 0.6 is 12.2 Å². The van der Waals surface area contributed by atoms with Gasteiger partial charge in [-0.25, -0.2) is 4.39 Å². The normalized spacial score (nSPS) is 11.2. The van der Waals surface area contributed by atoms with Crippen molar-refractivity contribution in [3.8, 4) is 0 Å². The fourth-order valence-electron chi connectivity index (χ4n) is 1.12. The molecule has 0 aromatic heterocycles. The zero-order valence-electron chi connectivity index (χ0n) is 7.94. The molecule has 0 heterocycles. The van der Waals surface area contributed by atoms with Crippen LogP contribution in [0.5, 0.6) is 0 Å². The van der Waals surface area contributed by atoms with Gasteiger partial charge in [0.1, 0.15) is 17.4 Å². The molecule has 88 valence electrons. The molecule has 1 aromatic rings. The summed E-state index contributed by atoms with van der Waals surface area (Å²) in [4.78, 5) is -0.289. The van der Waals surface area contributed by atoms with Crippen molar-refractivity contribution in [2.24, 2.45) is 5.73 Å². The van der Waals surface area contributed by atoms with Crippen LogP contribution in [0.2, 0.25) is 0 Å². The van der Waals surface area contributed by atoms with Crippen LogP contribution < -0.4 is 11.1 Å². The minimum absolute atomic E-state index is 0.0650. The molecule has 0 saturated heterocycles. The molecule has 0 radical (unpaired) electrons. The van der Waals surface area contributed by atoms with Gasteiger partial charge >= 0.3 is 6.18 Å². The van der Waals surface area contributed by atoms with E-state index in [0.29, 0.717) is 0 Å². The van der Waals surface area contributed by atoms with E-state index >= 15 is 0 Å². The van der Waals surface area contributed by atoms with Crippen molar-refractivity contribution < 1.29 is 17.6 Å². The summed E-state index contributed by atoms with van der Waals surface area (Å²) in [5.74, 6) is -0.750. The molecule has 0 unspecified atom stereocenters. The van der Waals surface area contributed by atoms with E-state index in [9.17, 15) is 17.6 Å². The maximum absolute atomic E-state index is 13.2. The SMILES string of the molecule is NC(=S)c1c(F)cccc1NCC(F)(F)F. The number of benzene rings is 1. The third-order valence-electron chi connectivity index (χ3n) is 1.74. The number of alkyl halides is 3. The number of hydrogen-bond acceptors (Lipinski definition) is 2. The lowest BCUT2D eigenvalue weighted by atomic mass is 10.1. The van der Waals surface area contributed by atoms with Gasteiger partial charge in [-0.15, -0.1) is 0 Å². The van der Waals surface area contributed by atoms with Gasteiger partial charge < -0.3 is 11.1 Å². The first kappa shape index (κ1) is 12.7. The largest absolute Gasteiger partial charge is 0.405 e. The molecule has 0 saturated carbocycles. The van der Waals surface area contributed by atoms with E-state index in [1.54, 1.807) is 0 Å². The molecule has 0 amide bonds. The fourth-order valence-corrected chi connectivity index (χ4v) is 1.32. The molecule has 16 heavy (non-hydrogen) atoms. The van der Waals surface area contributed by atoms with Gasteiger partial charge in [0.15, 0.2) is 0 Å². The number of nitrogens with two attached hydrogens (primary N) is 1. The van der Waals surface area contributed by atoms with Crippen LogP contribution in [0, 0.1) is 5.82 Å². The maximum Gasteiger partial charge on any atom is 0.405 e. The lowest BCUT2D eigenvalue weighted by molar-refractivity contribution is -0.115. The van der Waals surface area contributed by atoms with E-state index < -0.39 is 18.5 Å². The highest BCUT2D eigenvalue weighted by Crippen LogP contribution is 2.21. The van der Waals surface area contributed by atoms with E-state index in [1.807, 2.05) is 5.32 Å². The predicted octanol–water partition coefficient (Wildman–Crippen LogP) is 2.43. The Bertz CT molecular complexity index is 403. The van der Waals surface area contributed by atoms with Crippen LogP contribution in [0.1, 0.15) is 5.56 Å². The monoisotopic (exact) mass is 252 g/mol. The highest BCUT2D eigenvalue weighted by molar-refractivity contribution is 7.80. The lowest BCUT2D eigenvalue weighted by Gasteiger charge is -2.13. The Kier molecular flexibility index (Phi) is 3.69. The summed E-state index contributed by atoms with van der Waals surface area (Å²) in [6.45, 7) is -1.27. The summed E-state index contributed by atoms with van der Waals surface area (Å²) in [7, 11) is 0. The Labute approximate surface area is 94.4 Å². The first-order valence-corrected chi connectivity index (χ1v) is 4.61. The second-order valence-corrected chi connectivity index (χ2v) is 3.44. The Hall–Kier alpha value is -1.37. The molecule has 3 N–H and O–H groups in total. The standard InChI is InChI=1S/C9H8F4N2S/c10-5-2-1-3-6(7(5)8(14)16)15-4-9(11,12)13/h1-3,15H,4H2,(H2,14,16). The van der Waals surface area contributed by atoms with E-state index in [1.165, 1.54) is 12.1 Å². The minimum atomic E-state index is -4.39. The Morgan fingerprint density at radius 1 is 1.38 bits per heavy atom. The van der Waals surface area contributed by atoms with Gasteiger partial charge in [0, 0.05) is 5.69 Å². The second kappa shape index (κ2) is 4.65. The smallest absolute Gasteiger partial charge is 0.389 e. The van der Waals surface area contributed by atoms with E-state index in [2.05, 4.69) is 12.2 Å². The van der Waals surface area contributed by atoms with Crippen molar-refractivity contribution in [1.29, 1.82) is 0 Å². The first-order chi connectivity index (χ1) is 7.31. The van der Waals surface area contributed by atoms with E-state index in [-0.39, 0.29) is 16.2 Å². The zero-order valence-corrected chi connectivity index (χ0v) is 8.75. The Morgan fingerprint density at radius 2 is 2.00 bits per heavy atom. The van der Waals surface area contributed by atoms with Crippen molar-refractivity contribution in [2.75, 3.05) is 11.9 Å². The van der Waals surface area contributed by atoms with E-state index in [4.69, 9.17) is 5.73 Å². The number of rotatable bonds is 3. The van der Waals surface area contributed by atoms with Crippen molar-refractivity contribution in [2.45, 2.75) is 6.18 Å². The third kappa shape index (κ3) is 3.34. The Morgan fingerprint density at radius 3 is 2.50 bits per heavy atom. The molecule has 1 aromatic carbocycles. The average Bonchev–Trinajstić information content (AvgIpc) is 2.12. The molecule has 0 atom stereocenters. The molecule has 0 aliphatic rings. The van der Waals surface area contributed by atoms with Crippen molar-refractivity contribution in [1.82, 2.24) is 0 Å². The van der Waals surface area contributed by atoms with Crippen molar-refractivity contribution in [3.63, 3.8) is 0 Å². The van der Waals surface area contributed by atoms with Gasteiger partial charge in [0.2, 0.25) is 0 Å². The number of anilines is 1. The molecular weight excluding hydrogens is 244 g/mol. The molecular formula is C9H8F4N2S. The van der Waals surface area contributed by atoms with Crippen LogP contribution in [0.4, 0.5) is 23.2 Å². The van der Waals surface area contributed by atoms with Gasteiger partial charge in [0.05, 0.1) is 5.56 Å². The summed E-state index contributed by atoms with van der Waals surface area (Å²) in [6, 6.07) is 3.63. The molecule has 0 spiro atoms. The van der Waals surface area contributed by atoms with Crippen LogP contribution in [0.15, 0.2) is 18.2 Å². The molecule has 0 bridgehead atoms. The summed E-state index contributed by atoms with van der Waals surface area (Å²) in [5, 5.41) is 2.04. The molecule has 0 aliphatic heterocycles. The van der Waals surface area contributed by atoms with Gasteiger partial charge in [-0.2, -0.15) is 13.2 Å². The first-order valence-electron chi connectivity index (χ1n) is 4.20. The number of hydrogen-bond donors (Lipinski definition) is 2. The number of nitrogens with one attached hydrogen (secondary N) is 1. The Balaban J connectivity index is 2.96. The third-order valence-corrected chi connectivity index (χ3v) is 1.94. The number of halogens is 4. The number of thiocarbonyl (C=S) groups is 1. The topological polar surface area (TPSA) is 38.0 Å². The van der Waals surface area contributed by atoms with Crippen molar-refractivity contribution in [3.05, 3.63) is 29.6 Å². The molecule has 2 nitrogen and oxygen atoms in total. The van der Waals surface area contributed by atoms with Gasteiger partial charge in [-0.05, 0) is 12.1 Å². The van der Waals surface area contributed by atoms with Gasteiger partial charge in [0.25, 0.3) is 0 Å². The summed E-state index contributed by atoms with van der Waals surface area (Å²) in [5.41, 5.74) is 4.95. The van der Waals surface area contributed by atoms with Crippen LogP contribution in [-0.4, -0.2) is 17.7 Å². The summed E-state index contributed by atoms with van der Waals surface area (Å²) in [6.07, 6.45) is -4.39. The minimum Gasteiger partial charge on any atom is -0.389 e. The predicted molar refractivity (Wildman–Crippen MR) is 56.8 cm³/mol. The second-order valence-electron chi connectivity index (χ2n) is 3.00. The van der Waals surface area contributed by atoms with Crippen LogP contribution in [0.3, 0.4) is 0 Å². The van der Waals surface area contributed by atoms with Gasteiger partial charge in [-0.3, -0.25) is 0 Å². The molecule has 1 rings (SSSR count). The molecule has 0 fully saturated rings. The van der Waals surface area contributed by atoms with Crippen LogP contribution in [-0.2, 0) is 0 Å².